The van der Waals surface area contributed by atoms with Gasteiger partial charge in [-0.2, -0.15) is 0 Å². The summed E-state index contributed by atoms with van der Waals surface area (Å²) in [5.74, 6) is 0. The van der Waals surface area contributed by atoms with Gasteiger partial charge in [-0.15, -0.1) is 0 Å². The zero-order valence-corrected chi connectivity index (χ0v) is 12.4. The molecule has 5 heteroatoms. The van der Waals surface area contributed by atoms with Gasteiger partial charge in [-0.1, -0.05) is 0 Å². The first-order chi connectivity index (χ1) is 9.45. The molecule has 106 valence electrons. The number of hydrogen-bond acceptors (Lipinski definition) is 4. The molecule has 2 rings (SSSR count). The molecule has 0 fully saturated rings. The quantitative estimate of drug-likeness (QED) is 0.849. The van der Waals surface area contributed by atoms with Crippen LogP contribution < -0.4 is 11.1 Å². The Morgan fingerprint density at radius 1 is 1.10 bits per heavy atom. The summed E-state index contributed by atoms with van der Waals surface area (Å²) in [5, 5.41) is 3.16. The largest absolute Gasteiger partial charge is 0.399 e. The number of nitrogen functional groups attached to an aromatic ring is 1. The Balaban J connectivity index is 2.46. The maximum atomic E-state index is 12.6. The molecule has 0 heterocycles. The van der Waals surface area contributed by atoms with Crippen molar-refractivity contribution < 1.29 is 8.42 Å². The number of sulfone groups is 1. The lowest BCUT2D eigenvalue weighted by atomic mass is 10.2. The predicted molar refractivity (Wildman–Crippen MR) is 81.6 cm³/mol. The first kappa shape index (κ1) is 14.4. The highest BCUT2D eigenvalue weighted by Gasteiger charge is 2.19. The van der Waals surface area contributed by atoms with Crippen LogP contribution in [0, 0.1) is 6.92 Å². The summed E-state index contributed by atoms with van der Waals surface area (Å²) in [7, 11) is -3.50. The van der Waals surface area contributed by atoms with Crippen molar-refractivity contribution in [2.75, 3.05) is 17.6 Å². The molecule has 0 radical (unpaired) electrons. The molecule has 2 aromatic rings. The molecule has 0 spiro atoms. The summed E-state index contributed by atoms with van der Waals surface area (Å²) in [5.41, 5.74) is 7.77. The van der Waals surface area contributed by atoms with Crippen LogP contribution in [-0.2, 0) is 9.84 Å². The van der Waals surface area contributed by atoms with Crippen LogP contribution in [-0.4, -0.2) is 15.0 Å². The van der Waals surface area contributed by atoms with E-state index < -0.39 is 9.84 Å². The van der Waals surface area contributed by atoms with E-state index in [0.717, 1.165) is 17.8 Å². The molecule has 0 bridgehead atoms. The third-order valence-corrected chi connectivity index (χ3v) is 4.97. The van der Waals surface area contributed by atoms with Gasteiger partial charge in [0.1, 0.15) is 0 Å². The lowest BCUT2D eigenvalue weighted by molar-refractivity contribution is 0.595. The van der Waals surface area contributed by atoms with Crippen molar-refractivity contribution in [1.29, 1.82) is 0 Å². The van der Waals surface area contributed by atoms with Crippen LogP contribution in [0.1, 0.15) is 12.5 Å². The van der Waals surface area contributed by atoms with Crippen molar-refractivity contribution in [3.63, 3.8) is 0 Å². The molecule has 20 heavy (non-hydrogen) atoms. The number of nitrogens with two attached hydrogens (primary N) is 1. The average molecular weight is 290 g/mol. The smallest absolute Gasteiger partial charge is 0.206 e. The minimum atomic E-state index is -3.50. The summed E-state index contributed by atoms with van der Waals surface area (Å²) in [6.07, 6.45) is 0. The minimum absolute atomic E-state index is 0.256. The van der Waals surface area contributed by atoms with Gasteiger partial charge >= 0.3 is 0 Å². The summed E-state index contributed by atoms with van der Waals surface area (Å²) in [6, 6.07) is 11.5. The molecule has 2 aromatic carbocycles. The summed E-state index contributed by atoms with van der Waals surface area (Å²) in [4.78, 5) is 0.579. The Morgan fingerprint density at radius 3 is 2.30 bits per heavy atom. The van der Waals surface area contributed by atoms with Crippen LogP contribution in [0.15, 0.2) is 52.3 Å². The highest BCUT2D eigenvalue weighted by atomic mass is 32.2. The van der Waals surface area contributed by atoms with Gasteiger partial charge in [0.15, 0.2) is 0 Å². The number of hydrogen-bond donors (Lipinski definition) is 2. The molecule has 0 aliphatic carbocycles. The topological polar surface area (TPSA) is 72.2 Å². The molecule has 0 unspecified atom stereocenters. The van der Waals surface area contributed by atoms with E-state index in [1.165, 1.54) is 12.1 Å². The fourth-order valence-electron chi connectivity index (χ4n) is 2.04. The third-order valence-electron chi connectivity index (χ3n) is 3.04. The van der Waals surface area contributed by atoms with E-state index in [-0.39, 0.29) is 4.90 Å². The second-order valence-electron chi connectivity index (χ2n) is 4.58. The van der Waals surface area contributed by atoms with Crippen LogP contribution in [0.2, 0.25) is 0 Å². The first-order valence-corrected chi connectivity index (χ1v) is 7.88. The number of anilines is 2. The number of rotatable bonds is 4. The van der Waals surface area contributed by atoms with E-state index in [0.29, 0.717) is 10.6 Å². The van der Waals surface area contributed by atoms with E-state index in [4.69, 9.17) is 5.73 Å². The van der Waals surface area contributed by atoms with Crippen LogP contribution in [0.25, 0.3) is 0 Å². The molecule has 0 aliphatic heterocycles. The van der Waals surface area contributed by atoms with Crippen molar-refractivity contribution >= 4 is 21.2 Å². The van der Waals surface area contributed by atoms with Crippen LogP contribution >= 0.6 is 0 Å². The highest BCUT2D eigenvalue weighted by molar-refractivity contribution is 7.91. The Bertz CT molecular complexity index is 707. The lowest BCUT2D eigenvalue weighted by Gasteiger charge is -2.10. The average Bonchev–Trinajstić information content (AvgIpc) is 2.39. The predicted octanol–water partition coefficient (Wildman–Crippen LogP) is 2.84. The zero-order chi connectivity index (χ0) is 14.8. The lowest BCUT2D eigenvalue weighted by Crippen LogP contribution is -2.05. The number of aryl methyl sites for hydroxylation is 1. The SMILES string of the molecule is CCNc1ccc(S(=O)(=O)c2ccc(N)cc2)c(C)c1. The Hall–Kier alpha value is -2.01. The van der Waals surface area contributed by atoms with Gasteiger partial charge in [-0.25, -0.2) is 8.42 Å². The summed E-state index contributed by atoms with van der Waals surface area (Å²) in [6.45, 7) is 4.59. The van der Waals surface area contributed by atoms with Crippen molar-refractivity contribution in [3.05, 3.63) is 48.0 Å². The van der Waals surface area contributed by atoms with Gasteiger partial charge in [0, 0.05) is 17.9 Å². The van der Waals surface area contributed by atoms with E-state index in [9.17, 15) is 8.42 Å². The van der Waals surface area contributed by atoms with E-state index in [1.807, 2.05) is 13.0 Å². The molecular formula is C15H18N2O2S. The number of benzene rings is 2. The van der Waals surface area contributed by atoms with Crippen LogP contribution in [0.5, 0.6) is 0 Å². The maximum Gasteiger partial charge on any atom is 0.206 e. The second-order valence-corrected chi connectivity index (χ2v) is 6.50. The van der Waals surface area contributed by atoms with Crippen LogP contribution in [0.3, 0.4) is 0 Å². The molecule has 0 aromatic heterocycles. The van der Waals surface area contributed by atoms with Gasteiger partial charge < -0.3 is 11.1 Å². The Kier molecular flexibility index (Phi) is 3.99. The summed E-state index contributed by atoms with van der Waals surface area (Å²) < 4.78 is 25.1. The van der Waals surface area contributed by atoms with Crippen LogP contribution in [0.4, 0.5) is 11.4 Å². The minimum Gasteiger partial charge on any atom is -0.399 e. The van der Waals surface area contributed by atoms with Crippen molar-refractivity contribution in [2.45, 2.75) is 23.6 Å². The highest BCUT2D eigenvalue weighted by Crippen LogP contribution is 2.26. The molecule has 0 aliphatic rings. The van der Waals surface area contributed by atoms with Crippen molar-refractivity contribution in [2.24, 2.45) is 0 Å². The fourth-order valence-corrected chi connectivity index (χ4v) is 3.52. The van der Waals surface area contributed by atoms with Gasteiger partial charge in [0.05, 0.1) is 9.79 Å². The fraction of sp³-hybridized carbons (Fsp3) is 0.200. The standard InChI is InChI=1S/C15H18N2O2S/c1-3-17-13-6-9-15(11(2)10-13)20(18,19)14-7-4-12(16)5-8-14/h4-10,17H,3,16H2,1-2H3. The van der Waals surface area contributed by atoms with Gasteiger partial charge in [0.25, 0.3) is 0 Å². The van der Waals surface area contributed by atoms with Gasteiger partial charge in [0.2, 0.25) is 9.84 Å². The molecule has 3 N–H and O–H groups in total. The molecule has 0 atom stereocenters. The second kappa shape index (κ2) is 5.54. The summed E-state index contributed by atoms with van der Waals surface area (Å²) >= 11 is 0. The maximum absolute atomic E-state index is 12.6. The monoisotopic (exact) mass is 290 g/mol. The third kappa shape index (κ3) is 2.77. The van der Waals surface area contributed by atoms with Gasteiger partial charge in [-0.05, 0) is 61.9 Å². The number of nitrogens with one attached hydrogen (secondary N) is 1. The van der Waals surface area contributed by atoms with E-state index in [2.05, 4.69) is 5.32 Å². The molecule has 4 nitrogen and oxygen atoms in total. The molecule has 0 saturated carbocycles. The zero-order valence-electron chi connectivity index (χ0n) is 11.6. The van der Waals surface area contributed by atoms with Gasteiger partial charge in [-0.3, -0.25) is 0 Å². The molecule has 0 amide bonds. The normalized spacial score (nSPS) is 11.3. The van der Waals surface area contributed by atoms with E-state index in [1.54, 1.807) is 31.2 Å². The van der Waals surface area contributed by atoms with E-state index >= 15 is 0 Å². The molecular weight excluding hydrogens is 272 g/mol. The van der Waals surface area contributed by atoms with Crippen molar-refractivity contribution in [3.8, 4) is 0 Å². The Morgan fingerprint density at radius 2 is 1.75 bits per heavy atom. The Labute approximate surface area is 119 Å². The van der Waals surface area contributed by atoms with Crippen molar-refractivity contribution in [1.82, 2.24) is 0 Å². The molecule has 0 saturated heterocycles. The first-order valence-electron chi connectivity index (χ1n) is 6.40.